The lowest BCUT2D eigenvalue weighted by Gasteiger charge is -2.32. The fraction of sp³-hybridized carbons (Fsp3) is 0.647. The second-order valence-corrected chi connectivity index (χ2v) is 6.20. The van der Waals surface area contributed by atoms with E-state index in [4.69, 9.17) is 4.74 Å². The van der Waals surface area contributed by atoms with Crippen LogP contribution in [0.5, 0.6) is 0 Å². The summed E-state index contributed by atoms with van der Waals surface area (Å²) in [6.07, 6.45) is 3.00. The Morgan fingerprint density at radius 3 is 2.21 bits per heavy atom. The van der Waals surface area contributed by atoms with Crippen LogP contribution >= 0.6 is 0 Å². The summed E-state index contributed by atoms with van der Waals surface area (Å²) in [5.41, 5.74) is 2.79. The van der Waals surface area contributed by atoms with Crippen molar-refractivity contribution >= 4 is 0 Å². The third-order valence-corrected chi connectivity index (χ3v) is 3.94. The van der Waals surface area contributed by atoms with E-state index in [0.29, 0.717) is 24.2 Å². The largest absolute Gasteiger partial charge is 0.375 e. The first kappa shape index (κ1) is 14.5. The molecular weight excluding hydrogens is 234 g/mol. The van der Waals surface area contributed by atoms with Crippen LogP contribution in [0.4, 0.5) is 0 Å². The molecule has 19 heavy (non-hydrogen) atoms. The lowest BCUT2D eigenvalue weighted by Crippen LogP contribution is -2.40. The second kappa shape index (κ2) is 6.53. The number of hydrogen-bond acceptors (Lipinski definition) is 2. The molecule has 2 nitrogen and oxygen atoms in total. The summed E-state index contributed by atoms with van der Waals surface area (Å²) >= 11 is 0. The smallest absolute Gasteiger partial charge is 0.0565 e. The van der Waals surface area contributed by atoms with Crippen molar-refractivity contribution in [2.45, 2.75) is 71.2 Å². The monoisotopic (exact) mass is 261 g/mol. The van der Waals surface area contributed by atoms with Gasteiger partial charge >= 0.3 is 0 Å². The third-order valence-electron chi connectivity index (χ3n) is 3.94. The number of nitrogens with one attached hydrogen (secondary N) is 1. The number of hydrogen-bond donors (Lipinski definition) is 1. The summed E-state index contributed by atoms with van der Waals surface area (Å²) < 4.78 is 5.77. The Morgan fingerprint density at radius 1 is 1.11 bits per heavy atom. The highest BCUT2D eigenvalue weighted by molar-refractivity contribution is 5.24. The quantitative estimate of drug-likeness (QED) is 0.888. The Balaban J connectivity index is 1.84. The van der Waals surface area contributed by atoms with Crippen LogP contribution in [0.1, 0.15) is 57.6 Å². The van der Waals surface area contributed by atoms with Gasteiger partial charge in [-0.25, -0.2) is 0 Å². The molecule has 1 aliphatic rings. The van der Waals surface area contributed by atoms with Gasteiger partial charge in [-0.15, -0.1) is 0 Å². The van der Waals surface area contributed by atoms with Gasteiger partial charge < -0.3 is 10.1 Å². The van der Waals surface area contributed by atoms with E-state index in [1.54, 1.807) is 0 Å². The Bertz CT molecular complexity index is 375. The van der Waals surface area contributed by atoms with E-state index in [-0.39, 0.29) is 0 Å². The molecule has 0 bridgehead atoms. The molecule has 0 radical (unpaired) electrons. The summed E-state index contributed by atoms with van der Waals surface area (Å²) in [5.74, 6) is 0.610. The molecule has 1 saturated heterocycles. The van der Waals surface area contributed by atoms with Gasteiger partial charge in [-0.1, -0.05) is 38.1 Å². The van der Waals surface area contributed by atoms with Gasteiger partial charge in [0.05, 0.1) is 12.2 Å². The van der Waals surface area contributed by atoms with Crippen LogP contribution in [-0.2, 0) is 11.3 Å². The van der Waals surface area contributed by atoms with Crippen molar-refractivity contribution in [1.82, 2.24) is 5.32 Å². The normalized spacial score (nSPS) is 27.7. The van der Waals surface area contributed by atoms with Crippen molar-refractivity contribution in [3.05, 3.63) is 35.4 Å². The van der Waals surface area contributed by atoms with Gasteiger partial charge in [0.15, 0.2) is 0 Å². The summed E-state index contributed by atoms with van der Waals surface area (Å²) in [4.78, 5) is 0. The Morgan fingerprint density at radius 2 is 1.68 bits per heavy atom. The zero-order valence-corrected chi connectivity index (χ0v) is 12.6. The predicted octanol–water partition coefficient (Wildman–Crippen LogP) is 3.86. The maximum Gasteiger partial charge on any atom is 0.0565 e. The molecule has 1 aliphatic heterocycles. The molecule has 1 fully saturated rings. The van der Waals surface area contributed by atoms with Crippen molar-refractivity contribution in [3.63, 3.8) is 0 Å². The van der Waals surface area contributed by atoms with Crippen LogP contribution in [0.3, 0.4) is 0 Å². The molecule has 0 aliphatic carbocycles. The summed E-state index contributed by atoms with van der Waals surface area (Å²) in [6.45, 7) is 9.77. The van der Waals surface area contributed by atoms with Crippen molar-refractivity contribution in [2.75, 3.05) is 0 Å². The highest BCUT2D eigenvalue weighted by atomic mass is 16.5. The fourth-order valence-corrected chi connectivity index (χ4v) is 2.85. The van der Waals surface area contributed by atoms with E-state index in [0.717, 1.165) is 19.4 Å². The zero-order valence-electron chi connectivity index (χ0n) is 12.6. The Hall–Kier alpha value is -0.860. The van der Waals surface area contributed by atoms with Crippen molar-refractivity contribution in [3.8, 4) is 0 Å². The maximum atomic E-state index is 5.77. The molecule has 1 N–H and O–H groups in total. The van der Waals surface area contributed by atoms with Crippen LogP contribution in [0.2, 0.25) is 0 Å². The van der Waals surface area contributed by atoms with Gasteiger partial charge in [-0.3, -0.25) is 0 Å². The topological polar surface area (TPSA) is 21.3 Å². The first-order valence-electron chi connectivity index (χ1n) is 7.52. The van der Waals surface area contributed by atoms with Crippen LogP contribution in [0.25, 0.3) is 0 Å². The Labute approximate surface area is 117 Å². The molecule has 1 aromatic rings. The molecule has 0 amide bonds. The summed E-state index contributed by atoms with van der Waals surface area (Å²) in [5, 5.41) is 3.67. The molecule has 2 atom stereocenters. The van der Waals surface area contributed by atoms with Crippen LogP contribution < -0.4 is 5.32 Å². The number of benzene rings is 1. The zero-order chi connectivity index (χ0) is 13.8. The summed E-state index contributed by atoms with van der Waals surface area (Å²) in [6, 6.07) is 9.57. The molecule has 1 heterocycles. The highest BCUT2D eigenvalue weighted by Crippen LogP contribution is 2.20. The van der Waals surface area contributed by atoms with E-state index in [9.17, 15) is 0 Å². The second-order valence-electron chi connectivity index (χ2n) is 6.20. The molecule has 0 aromatic heterocycles. The van der Waals surface area contributed by atoms with E-state index in [1.165, 1.54) is 11.1 Å². The van der Waals surface area contributed by atoms with Crippen molar-refractivity contribution < 1.29 is 4.74 Å². The minimum absolute atomic E-state index is 0.379. The molecule has 0 saturated carbocycles. The van der Waals surface area contributed by atoms with Gasteiger partial charge in [0.25, 0.3) is 0 Å². The summed E-state index contributed by atoms with van der Waals surface area (Å²) in [7, 11) is 0. The fourth-order valence-electron chi connectivity index (χ4n) is 2.85. The van der Waals surface area contributed by atoms with Crippen LogP contribution in [0.15, 0.2) is 24.3 Å². The van der Waals surface area contributed by atoms with E-state index in [1.807, 2.05) is 0 Å². The van der Waals surface area contributed by atoms with Gasteiger partial charge in [0.2, 0.25) is 0 Å². The van der Waals surface area contributed by atoms with Gasteiger partial charge in [0, 0.05) is 12.6 Å². The van der Waals surface area contributed by atoms with Gasteiger partial charge in [-0.2, -0.15) is 0 Å². The molecule has 2 unspecified atom stereocenters. The molecule has 0 spiro atoms. The van der Waals surface area contributed by atoms with E-state index < -0.39 is 0 Å². The van der Waals surface area contributed by atoms with Gasteiger partial charge in [-0.05, 0) is 43.7 Å². The SMILES string of the molecule is CC1CC(NCc2ccc(C(C)C)cc2)CC(C)O1. The highest BCUT2D eigenvalue weighted by Gasteiger charge is 2.23. The van der Waals surface area contributed by atoms with Gasteiger partial charge in [0.1, 0.15) is 0 Å². The van der Waals surface area contributed by atoms with Crippen LogP contribution in [0, 0.1) is 0 Å². The van der Waals surface area contributed by atoms with Crippen LogP contribution in [-0.4, -0.2) is 18.2 Å². The molecule has 2 rings (SSSR count). The average molecular weight is 261 g/mol. The standard InChI is InChI=1S/C17H27NO/c1-12(2)16-7-5-15(6-8-16)11-18-17-9-13(3)19-14(4)10-17/h5-8,12-14,17-18H,9-11H2,1-4H3. The molecule has 1 aromatic carbocycles. The number of rotatable bonds is 4. The average Bonchev–Trinajstić information content (AvgIpc) is 2.36. The molecular formula is C17H27NO. The lowest BCUT2D eigenvalue weighted by molar-refractivity contribution is -0.0422. The Kier molecular flexibility index (Phi) is 5.00. The molecule has 2 heteroatoms. The minimum atomic E-state index is 0.379. The van der Waals surface area contributed by atoms with Crippen molar-refractivity contribution in [1.29, 1.82) is 0 Å². The van der Waals surface area contributed by atoms with E-state index >= 15 is 0 Å². The van der Waals surface area contributed by atoms with E-state index in [2.05, 4.69) is 57.3 Å². The first-order chi connectivity index (χ1) is 9.04. The van der Waals surface area contributed by atoms with Crippen molar-refractivity contribution in [2.24, 2.45) is 0 Å². The minimum Gasteiger partial charge on any atom is -0.375 e. The predicted molar refractivity (Wildman–Crippen MR) is 80.4 cm³/mol. The lowest BCUT2D eigenvalue weighted by atomic mass is 9.99. The number of ether oxygens (including phenoxy) is 1. The maximum absolute atomic E-state index is 5.77. The molecule has 106 valence electrons. The third kappa shape index (κ3) is 4.32. The first-order valence-corrected chi connectivity index (χ1v) is 7.52.